The second kappa shape index (κ2) is 7.08. The number of nitrogens with zero attached hydrogens (tertiary/aromatic N) is 5. The first-order chi connectivity index (χ1) is 14.5. The molecule has 1 N–H and O–H groups in total. The van der Waals surface area contributed by atoms with Gasteiger partial charge in [0.2, 0.25) is 5.82 Å². The number of anilines is 1. The monoisotopic (exact) mass is 410 g/mol. The Morgan fingerprint density at radius 1 is 1.07 bits per heavy atom. The Hall–Kier alpha value is -3.49. The lowest BCUT2D eigenvalue weighted by Gasteiger charge is -2.25. The summed E-state index contributed by atoms with van der Waals surface area (Å²) >= 11 is 0. The van der Waals surface area contributed by atoms with Crippen LogP contribution in [-0.2, 0) is 12.7 Å². The SMILES string of the molecule is FC(F)(F)c1nc(N(Cc2cccc(-c3cccnc3)c2)C2CC2)c2[nH]cnc2n1. The van der Waals surface area contributed by atoms with Crippen LogP contribution in [0, 0.1) is 0 Å². The first-order valence-corrected chi connectivity index (χ1v) is 9.53. The third-order valence-electron chi connectivity index (χ3n) is 5.05. The lowest BCUT2D eigenvalue weighted by molar-refractivity contribution is -0.144. The van der Waals surface area contributed by atoms with E-state index in [2.05, 4.69) is 24.9 Å². The molecule has 6 nitrogen and oxygen atoms in total. The van der Waals surface area contributed by atoms with Crippen LogP contribution in [0.25, 0.3) is 22.3 Å². The van der Waals surface area contributed by atoms with Crippen LogP contribution in [0.15, 0.2) is 55.1 Å². The summed E-state index contributed by atoms with van der Waals surface area (Å²) in [5, 5.41) is 0. The largest absolute Gasteiger partial charge is 0.451 e. The van der Waals surface area contributed by atoms with Crippen LogP contribution in [0.1, 0.15) is 24.2 Å². The zero-order chi connectivity index (χ0) is 20.7. The highest BCUT2D eigenvalue weighted by Crippen LogP contribution is 2.37. The summed E-state index contributed by atoms with van der Waals surface area (Å²) in [6, 6.07) is 11.9. The number of aromatic nitrogens is 5. The maximum atomic E-state index is 13.4. The van der Waals surface area contributed by atoms with E-state index >= 15 is 0 Å². The van der Waals surface area contributed by atoms with Crippen molar-refractivity contribution in [3.8, 4) is 11.1 Å². The van der Waals surface area contributed by atoms with E-state index in [0.29, 0.717) is 12.1 Å². The second-order valence-corrected chi connectivity index (χ2v) is 7.27. The number of hydrogen-bond donors (Lipinski definition) is 1. The molecule has 9 heteroatoms. The molecule has 3 heterocycles. The zero-order valence-corrected chi connectivity index (χ0v) is 15.8. The molecule has 1 aliphatic rings. The molecule has 0 unspecified atom stereocenters. The number of halogens is 3. The quantitative estimate of drug-likeness (QED) is 0.521. The Balaban J connectivity index is 1.54. The third kappa shape index (κ3) is 3.58. The first kappa shape index (κ1) is 18.5. The highest BCUT2D eigenvalue weighted by Gasteiger charge is 2.38. The van der Waals surface area contributed by atoms with Crippen LogP contribution in [0.4, 0.5) is 19.0 Å². The van der Waals surface area contributed by atoms with Gasteiger partial charge in [0.25, 0.3) is 0 Å². The van der Waals surface area contributed by atoms with Crippen LogP contribution in [0.3, 0.4) is 0 Å². The molecule has 5 rings (SSSR count). The summed E-state index contributed by atoms with van der Waals surface area (Å²) in [6.07, 6.45) is 2.01. The fourth-order valence-corrected chi connectivity index (χ4v) is 3.50. The molecule has 1 aliphatic carbocycles. The smallest absolute Gasteiger partial charge is 0.347 e. The van der Waals surface area contributed by atoms with Crippen molar-refractivity contribution < 1.29 is 13.2 Å². The van der Waals surface area contributed by atoms with E-state index in [4.69, 9.17) is 0 Å². The van der Waals surface area contributed by atoms with Gasteiger partial charge in [-0.05, 0) is 41.7 Å². The molecule has 0 amide bonds. The van der Waals surface area contributed by atoms with Crippen molar-refractivity contribution in [2.24, 2.45) is 0 Å². The predicted molar refractivity (Wildman–Crippen MR) is 106 cm³/mol. The Kier molecular flexibility index (Phi) is 4.38. The van der Waals surface area contributed by atoms with Crippen LogP contribution < -0.4 is 4.90 Å². The predicted octanol–water partition coefficient (Wildman–Crippen LogP) is 4.60. The summed E-state index contributed by atoms with van der Waals surface area (Å²) in [5.41, 5.74) is 3.39. The molecule has 0 atom stereocenters. The summed E-state index contributed by atoms with van der Waals surface area (Å²) < 4.78 is 40.1. The number of nitrogens with one attached hydrogen (secondary N) is 1. The number of alkyl halides is 3. The number of rotatable bonds is 5. The molecular weight excluding hydrogens is 393 g/mol. The average molecular weight is 410 g/mol. The van der Waals surface area contributed by atoms with Gasteiger partial charge in [-0.25, -0.2) is 15.0 Å². The highest BCUT2D eigenvalue weighted by atomic mass is 19.4. The van der Waals surface area contributed by atoms with Gasteiger partial charge in [-0.1, -0.05) is 24.3 Å². The van der Waals surface area contributed by atoms with Gasteiger partial charge in [0.05, 0.1) is 6.33 Å². The lowest BCUT2D eigenvalue weighted by Crippen LogP contribution is -2.27. The van der Waals surface area contributed by atoms with Crippen molar-refractivity contribution >= 4 is 17.0 Å². The van der Waals surface area contributed by atoms with Gasteiger partial charge >= 0.3 is 6.18 Å². The fraction of sp³-hybridized carbons (Fsp3) is 0.238. The van der Waals surface area contributed by atoms with E-state index in [0.717, 1.165) is 29.5 Å². The van der Waals surface area contributed by atoms with Crippen LogP contribution in [-0.4, -0.2) is 31.0 Å². The van der Waals surface area contributed by atoms with Gasteiger partial charge < -0.3 is 9.88 Å². The van der Waals surface area contributed by atoms with E-state index in [9.17, 15) is 13.2 Å². The topological polar surface area (TPSA) is 70.6 Å². The molecule has 0 spiro atoms. The van der Waals surface area contributed by atoms with Gasteiger partial charge in [-0.15, -0.1) is 0 Å². The Labute approximate surface area is 169 Å². The molecule has 0 saturated heterocycles. The second-order valence-electron chi connectivity index (χ2n) is 7.27. The molecule has 0 aliphatic heterocycles. The number of pyridine rings is 1. The van der Waals surface area contributed by atoms with Gasteiger partial charge in [-0.2, -0.15) is 13.2 Å². The van der Waals surface area contributed by atoms with Crippen molar-refractivity contribution in [2.45, 2.75) is 31.6 Å². The van der Waals surface area contributed by atoms with Crippen LogP contribution in [0.2, 0.25) is 0 Å². The van der Waals surface area contributed by atoms with Crippen molar-refractivity contribution in [3.63, 3.8) is 0 Å². The van der Waals surface area contributed by atoms with Crippen molar-refractivity contribution in [1.82, 2.24) is 24.9 Å². The number of benzene rings is 1. The van der Waals surface area contributed by atoms with Gasteiger partial charge in [-0.3, -0.25) is 4.98 Å². The highest BCUT2D eigenvalue weighted by molar-refractivity contribution is 5.83. The van der Waals surface area contributed by atoms with Gasteiger partial charge in [0.1, 0.15) is 5.52 Å². The van der Waals surface area contributed by atoms with Crippen molar-refractivity contribution in [1.29, 1.82) is 0 Å². The molecule has 3 aromatic heterocycles. The molecule has 152 valence electrons. The van der Waals surface area contributed by atoms with E-state index in [1.807, 2.05) is 41.3 Å². The lowest BCUT2D eigenvalue weighted by atomic mass is 10.0. The summed E-state index contributed by atoms with van der Waals surface area (Å²) in [7, 11) is 0. The maximum Gasteiger partial charge on any atom is 0.451 e. The standard InChI is InChI=1S/C21H17F3N6/c22-21(23,24)20-28-18-17(26-12-27-18)19(29-20)30(16-6-7-16)11-13-3-1-4-14(9-13)15-5-2-8-25-10-15/h1-5,8-10,12,16H,6-7,11H2,(H,26,27,28,29). The minimum Gasteiger partial charge on any atom is -0.347 e. The molecular formula is C21H17F3N6. The number of fused-ring (bicyclic) bond motifs is 1. The number of aromatic amines is 1. The maximum absolute atomic E-state index is 13.4. The Morgan fingerprint density at radius 3 is 2.63 bits per heavy atom. The minimum atomic E-state index is -4.64. The molecule has 4 aromatic rings. The number of H-pyrrole nitrogens is 1. The van der Waals surface area contributed by atoms with E-state index in [1.54, 1.807) is 12.4 Å². The fourth-order valence-electron chi connectivity index (χ4n) is 3.50. The Morgan fingerprint density at radius 2 is 1.90 bits per heavy atom. The average Bonchev–Trinajstić information content (AvgIpc) is 3.48. The minimum absolute atomic E-state index is 0.0158. The van der Waals surface area contributed by atoms with E-state index in [-0.39, 0.29) is 17.5 Å². The van der Waals surface area contributed by atoms with E-state index < -0.39 is 12.0 Å². The number of hydrogen-bond acceptors (Lipinski definition) is 5. The summed E-state index contributed by atoms with van der Waals surface area (Å²) in [6.45, 7) is 0.432. The number of imidazole rings is 1. The molecule has 30 heavy (non-hydrogen) atoms. The van der Waals surface area contributed by atoms with Crippen LogP contribution in [0.5, 0.6) is 0 Å². The first-order valence-electron chi connectivity index (χ1n) is 9.53. The molecule has 1 saturated carbocycles. The molecule has 1 fully saturated rings. The Bertz CT molecular complexity index is 1180. The molecule has 0 radical (unpaired) electrons. The summed E-state index contributed by atoms with van der Waals surface area (Å²) in [5.74, 6) is -0.939. The van der Waals surface area contributed by atoms with E-state index in [1.165, 1.54) is 6.33 Å². The van der Waals surface area contributed by atoms with Gasteiger partial charge in [0, 0.05) is 25.0 Å². The van der Waals surface area contributed by atoms with Gasteiger partial charge in [0.15, 0.2) is 11.5 Å². The molecule has 1 aromatic carbocycles. The molecule has 0 bridgehead atoms. The van der Waals surface area contributed by atoms with Crippen LogP contribution >= 0.6 is 0 Å². The van der Waals surface area contributed by atoms with Crippen molar-refractivity contribution in [2.75, 3.05) is 4.90 Å². The van der Waals surface area contributed by atoms with Crippen molar-refractivity contribution in [3.05, 3.63) is 66.5 Å². The zero-order valence-electron chi connectivity index (χ0n) is 15.8. The normalized spacial score (nSPS) is 14.2. The summed E-state index contributed by atoms with van der Waals surface area (Å²) in [4.78, 5) is 20.4. The third-order valence-corrected chi connectivity index (χ3v) is 5.05.